The summed E-state index contributed by atoms with van der Waals surface area (Å²) in [4.78, 5) is 12.6. The van der Waals surface area contributed by atoms with E-state index < -0.39 is 5.66 Å². The van der Waals surface area contributed by atoms with Gasteiger partial charge in [0.2, 0.25) is 0 Å². The van der Waals surface area contributed by atoms with E-state index in [-0.39, 0.29) is 5.91 Å². The summed E-state index contributed by atoms with van der Waals surface area (Å²) < 4.78 is 6.11. The number of hydrogen-bond donors (Lipinski definition) is 2. The molecule has 28 heavy (non-hydrogen) atoms. The van der Waals surface area contributed by atoms with Gasteiger partial charge in [-0.15, -0.1) is 0 Å². The predicted octanol–water partition coefficient (Wildman–Crippen LogP) is 4.73. The molecule has 4 nitrogen and oxygen atoms in total. The van der Waals surface area contributed by atoms with E-state index in [1.54, 1.807) is 0 Å². The van der Waals surface area contributed by atoms with Crippen molar-refractivity contribution < 1.29 is 9.53 Å². The fourth-order valence-electron chi connectivity index (χ4n) is 3.63. The molecule has 0 radical (unpaired) electrons. The first-order valence-corrected chi connectivity index (χ1v) is 9.62. The molecule has 1 aliphatic rings. The second-order valence-electron chi connectivity index (χ2n) is 7.18. The number of carbonyl (C=O) groups excluding carboxylic acids is 1. The zero-order valence-corrected chi connectivity index (χ0v) is 15.9. The first kappa shape index (κ1) is 18.1. The van der Waals surface area contributed by atoms with Gasteiger partial charge in [-0.25, -0.2) is 0 Å². The van der Waals surface area contributed by atoms with Crippen LogP contribution in [0.1, 0.15) is 34.8 Å². The lowest BCUT2D eigenvalue weighted by Crippen LogP contribution is -2.53. The van der Waals surface area contributed by atoms with Crippen LogP contribution in [-0.4, -0.2) is 12.5 Å². The van der Waals surface area contributed by atoms with Crippen molar-refractivity contribution in [3.8, 4) is 5.75 Å². The first-order valence-electron chi connectivity index (χ1n) is 9.62. The Bertz CT molecular complexity index is 971. The molecular formula is C24H24N2O2. The summed E-state index contributed by atoms with van der Waals surface area (Å²) in [6.45, 7) is 2.58. The summed E-state index contributed by atoms with van der Waals surface area (Å²) in [5.41, 5.74) is 2.97. The normalized spacial score (nSPS) is 18.0. The Morgan fingerprint density at radius 2 is 1.57 bits per heavy atom. The molecule has 1 amide bonds. The van der Waals surface area contributed by atoms with Gasteiger partial charge in [-0.2, -0.15) is 0 Å². The average Bonchev–Trinajstić information content (AvgIpc) is 2.72. The SMILES string of the molecule is CC1(c2ccccc2OCCCc2ccccc2)NC(=O)c2ccccc2N1. The van der Waals surface area contributed by atoms with Gasteiger partial charge in [0.15, 0.2) is 0 Å². The Labute approximate surface area is 165 Å². The minimum atomic E-state index is -0.735. The highest BCUT2D eigenvalue weighted by molar-refractivity contribution is 6.02. The van der Waals surface area contributed by atoms with E-state index in [0.717, 1.165) is 29.8 Å². The number of hydrogen-bond acceptors (Lipinski definition) is 3. The molecule has 1 heterocycles. The molecule has 0 fully saturated rings. The van der Waals surface area contributed by atoms with Crippen LogP contribution in [0.5, 0.6) is 5.75 Å². The van der Waals surface area contributed by atoms with Gasteiger partial charge in [-0.05, 0) is 43.5 Å². The van der Waals surface area contributed by atoms with E-state index in [1.807, 2.05) is 61.5 Å². The highest BCUT2D eigenvalue weighted by Gasteiger charge is 2.36. The number of benzene rings is 3. The van der Waals surface area contributed by atoms with Gasteiger partial charge in [0.1, 0.15) is 11.4 Å². The minimum Gasteiger partial charge on any atom is -0.493 e. The molecule has 2 N–H and O–H groups in total. The van der Waals surface area contributed by atoms with Crippen molar-refractivity contribution in [1.82, 2.24) is 5.32 Å². The van der Waals surface area contributed by atoms with E-state index in [4.69, 9.17) is 4.74 Å². The monoisotopic (exact) mass is 372 g/mol. The Morgan fingerprint density at radius 3 is 2.43 bits per heavy atom. The number of nitrogens with one attached hydrogen (secondary N) is 2. The van der Waals surface area contributed by atoms with Crippen molar-refractivity contribution in [3.05, 3.63) is 95.6 Å². The van der Waals surface area contributed by atoms with Crippen LogP contribution in [0, 0.1) is 0 Å². The Hall–Kier alpha value is -3.27. The molecule has 0 spiro atoms. The van der Waals surface area contributed by atoms with Crippen molar-refractivity contribution in [2.75, 3.05) is 11.9 Å². The number of para-hydroxylation sites is 2. The largest absolute Gasteiger partial charge is 0.493 e. The molecule has 1 unspecified atom stereocenters. The summed E-state index contributed by atoms with van der Waals surface area (Å²) >= 11 is 0. The van der Waals surface area contributed by atoms with E-state index in [1.165, 1.54) is 5.56 Å². The third-order valence-corrected chi connectivity index (χ3v) is 5.06. The van der Waals surface area contributed by atoms with Crippen molar-refractivity contribution in [3.63, 3.8) is 0 Å². The lowest BCUT2D eigenvalue weighted by molar-refractivity contribution is 0.0905. The molecule has 3 aromatic carbocycles. The van der Waals surface area contributed by atoms with Crippen molar-refractivity contribution >= 4 is 11.6 Å². The van der Waals surface area contributed by atoms with Crippen LogP contribution in [-0.2, 0) is 12.1 Å². The van der Waals surface area contributed by atoms with E-state index in [9.17, 15) is 4.79 Å². The van der Waals surface area contributed by atoms with Crippen LogP contribution >= 0.6 is 0 Å². The Kier molecular flexibility index (Phi) is 5.02. The van der Waals surface area contributed by atoms with E-state index in [2.05, 4.69) is 34.9 Å². The summed E-state index contributed by atoms with van der Waals surface area (Å²) in [7, 11) is 0. The molecule has 0 saturated heterocycles. The van der Waals surface area contributed by atoms with E-state index in [0.29, 0.717) is 12.2 Å². The summed E-state index contributed by atoms with van der Waals surface area (Å²) in [6, 6.07) is 25.8. The fraction of sp³-hybridized carbons (Fsp3) is 0.208. The number of aryl methyl sites for hydroxylation is 1. The number of anilines is 1. The standard InChI is InChI=1S/C24H24N2O2/c1-24(25-21-15-7-5-13-19(21)23(27)26-24)20-14-6-8-16-22(20)28-17-9-12-18-10-3-2-4-11-18/h2-8,10-11,13-16,25H,9,12,17H2,1H3,(H,26,27). The molecule has 4 heteroatoms. The third-order valence-electron chi connectivity index (χ3n) is 5.06. The zero-order chi connectivity index (χ0) is 19.4. The first-order chi connectivity index (χ1) is 13.7. The molecule has 1 atom stereocenters. The number of fused-ring (bicyclic) bond motifs is 1. The molecular weight excluding hydrogens is 348 g/mol. The maximum Gasteiger partial charge on any atom is 0.255 e. The molecule has 4 rings (SSSR count). The lowest BCUT2D eigenvalue weighted by Gasteiger charge is -2.38. The van der Waals surface area contributed by atoms with Gasteiger partial charge in [-0.3, -0.25) is 4.79 Å². The molecule has 1 aliphatic heterocycles. The number of carbonyl (C=O) groups is 1. The smallest absolute Gasteiger partial charge is 0.255 e. The molecule has 3 aromatic rings. The van der Waals surface area contributed by atoms with Crippen LogP contribution in [0.4, 0.5) is 5.69 Å². The highest BCUT2D eigenvalue weighted by atomic mass is 16.5. The van der Waals surface area contributed by atoms with Crippen LogP contribution in [0.2, 0.25) is 0 Å². The summed E-state index contributed by atoms with van der Waals surface area (Å²) in [6.07, 6.45) is 1.90. The number of rotatable bonds is 6. The minimum absolute atomic E-state index is 0.0873. The summed E-state index contributed by atoms with van der Waals surface area (Å²) in [5, 5.41) is 6.56. The van der Waals surface area contributed by atoms with Crippen LogP contribution in [0.25, 0.3) is 0 Å². The number of ether oxygens (including phenoxy) is 1. The van der Waals surface area contributed by atoms with Gasteiger partial charge in [0.05, 0.1) is 12.2 Å². The van der Waals surface area contributed by atoms with Gasteiger partial charge < -0.3 is 15.4 Å². The quantitative estimate of drug-likeness (QED) is 0.615. The van der Waals surface area contributed by atoms with Gasteiger partial charge in [-0.1, -0.05) is 60.7 Å². The van der Waals surface area contributed by atoms with Crippen molar-refractivity contribution in [1.29, 1.82) is 0 Å². The fourth-order valence-corrected chi connectivity index (χ4v) is 3.63. The molecule has 0 bridgehead atoms. The van der Waals surface area contributed by atoms with Crippen molar-refractivity contribution in [2.45, 2.75) is 25.4 Å². The predicted molar refractivity (Wildman–Crippen MR) is 112 cm³/mol. The highest BCUT2D eigenvalue weighted by Crippen LogP contribution is 2.35. The van der Waals surface area contributed by atoms with Crippen LogP contribution < -0.4 is 15.4 Å². The van der Waals surface area contributed by atoms with Gasteiger partial charge in [0, 0.05) is 11.3 Å². The maximum atomic E-state index is 12.6. The average molecular weight is 372 g/mol. The lowest BCUT2D eigenvalue weighted by atomic mass is 9.95. The van der Waals surface area contributed by atoms with Gasteiger partial charge >= 0.3 is 0 Å². The van der Waals surface area contributed by atoms with Crippen LogP contribution in [0.3, 0.4) is 0 Å². The Balaban J connectivity index is 1.49. The van der Waals surface area contributed by atoms with Gasteiger partial charge in [0.25, 0.3) is 5.91 Å². The zero-order valence-electron chi connectivity index (χ0n) is 15.9. The molecule has 0 aliphatic carbocycles. The maximum absolute atomic E-state index is 12.6. The summed E-state index contributed by atoms with van der Waals surface area (Å²) in [5.74, 6) is 0.695. The molecule has 0 saturated carbocycles. The number of amides is 1. The molecule has 0 aromatic heterocycles. The Morgan fingerprint density at radius 1 is 0.857 bits per heavy atom. The van der Waals surface area contributed by atoms with Crippen molar-refractivity contribution in [2.24, 2.45) is 0 Å². The van der Waals surface area contributed by atoms with Crippen LogP contribution in [0.15, 0.2) is 78.9 Å². The second kappa shape index (κ2) is 7.77. The van der Waals surface area contributed by atoms with E-state index >= 15 is 0 Å². The molecule has 142 valence electrons. The second-order valence-corrected chi connectivity index (χ2v) is 7.18. The third kappa shape index (κ3) is 3.72. The topological polar surface area (TPSA) is 50.4 Å².